The predicted molar refractivity (Wildman–Crippen MR) is 169 cm³/mol. The van der Waals surface area contributed by atoms with Crippen LogP contribution in [0.5, 0.6) is 0 Å². The highest BCUT2D eigenvalue weighted by molar-refractivity contribution is 6.22. The first-order valence-corrected chi connectivity index (χ1v) is 13.6. The summed E-state index contributed by atoms with van der Waals surface area (Å²) in [4.78, 5) is 2.32. The second kappa shape index (κ2) is 9.14. The van der Waals surface area contributed by atoms with E-state index in [4.69, 9.17) is 4.42 Å². The molecule has 1 aromatic heterocycles. The molecule has 0 spiro atoms. The molecule has 0 N–H and O–H groups in total. The zero-order chi connectivity index (χ0) is 26.5. The first-order valence-electron chi connectivity index (χ1n) is 13.6. The number of rotatable bonds is 4. The lowest BCUT2D eigenvalue weighted by Crippen LogP contribution is -2.09. The number of hydrogen-bond acceptors (Lipinski definition) is 2. The normalized spacial score (nSPS) is 11.5. The van der Waals surface area contributed by atoms with Crippen molar-refractivity contribution in [3.63, 3.8) is 0 Å². The van der Waals surface area contributed by atoms with Crippen LogP contribution in [0.3, 0.4) is 0 Å². The predicted octanol–water partition coefficient (Wildman–Crippen LogP) is 11.0. The van der Waals surface area contributed by atoms with Gasteiger partial charge in [0.1, 0.15) is 11.2 Å². The lowest BCUT2D eigenvalue weighted by atomic mass is 9.95. The Kier molecular flexibility index (Phi) is 5.17. The Bertz CT molecular complexity index is 2160. The molecule has 0 aliphatic carbocycles. The van der Waals surface area contributed by atoms with Gasteiger partial charge in [-0.25, -0.2) is 0 Å². The molecule has 0 saturated carbocycles. The van der Waals surface area contributed by atoms with Crippen LogP contribution in [-0.2, 0) is 0 Å². The Morgan fingerprint density at radius 3 is 1.88 bits per heavy atom. The van der Waals surface area contributed by atoms with Gasteiger partial charge in [-0.1, -0.05) is 103 Å². The maximum atomic E-state index is 6.51. The minimum atomic E-state index is 0.889. The van der Waals surface area contributed by atoms with Crippen LogP contribution in [-0.4, -0.2) is 0 Å². The van der Waals surface area contributed by atoms with Gasteiger partial charge in [-0.2, -0.15) is 0 Å². The third-order valence-electron chi connectivity index (χ3n) is 7.81. The van der Waals surface area contributed by atoms with E-state index >= 15 is 0 Å². The van der Waals surface area contributed by atoms with Gasteiger partial charge in [0, 0.05) is 27.8 Å². The Morgan fingerprint density at radius 2 is 1.05 bits per heavy atom. The summed E-state index contributed by atoms with van der Waals surface area (Å²) in [5.41, 5.74) is 7.49. The lowest BCUT2D eigenvalue weighted by Gasteiger charge is -2.26. The number of anilines is 3. The first kappa shape index (κ1) is 22.6. The third kappa shape index (κ3) is 3.65. The monoisotopic (exact) mass is 511 g/mol. The zero-order valence-electron chi connectivity index (χ0n) is 21.8. The average molecular weight is 512 g/mol. The average Bonchev–Trinajstić information content (AvgIpc) is 3.40. The van der Waals surface area contributed by atoms with E-state index in [1.54, 1.807) is 0 Å². The van der Waals surface area contributed by atoms with Crippen molar-refractivity contribution >= 4 is 60.5 Å². The molecule has 188 valence electrons. The fourth-order valence-electron chi connectivity index (χ4n) is 5.96. The zero-order valence-corrected chi connectivity index (χ0v) is 21.8. The van der Waals surface area contributed by atoms with Gasteiger partial charge >= 0.3 is 0 Å². The first-order chi connectivity index (χ1) is 19.8. The van der Waals surface area contributed by atoms with Crippen molar-refractivity contribution < 1.29 is 4.42 Å². The summed E-state index contributed by atoms with van der Waals surface area (Å²) >= 11 is 0. The molecular formula is C38H25NO. The molecular weight excluding hydrogens is 486 g/mol. The minimum Gasteiger partial charge on any atom is -0.456 e. The largest absolute Gasteiger partial charge is 0.456 e. The smallest absolute Gasteiger partial charge is 0.136 e. The highest BCUT2D eigenvalue weighted by Gasteiger charge is 2.18. The Hall–Kier alpha value is -5.34. The number of benzene rings is 7. The summed E-state index contributed by atoms with van der Waals surface area (Å²) in [7, 11) is 0. The summed E-state index contributed by atoms with van der Waals surface area (Å²) in [6.07, 6.45) is 0. The van der Waals surface area contributed by atoms with E-state index in [2.05, 4.69) is 157 Å². The Labute approximate surface area is 232 Å². The maximum Gasteiger partial charge on any atom is 0.136 e. The molecule has 0 amide bonds. The Balaban J connectivity index is 1.38. The topological polar surface area (TPSA) is 16.4 Å². The van der Waals surface area contributed by atoms with E-state index in [-0.39, 0.29) is 0 Å². The van der Waals surface area contributed by atoms with Crippen LogP contribution in [0.1, 0.15) is 0 Å². The van der Waals surface area contributed by atoms with E-state index in [1.165, 1.54) is 32.7 Å². The lowest BCUT2D eigenvalue weighted by molar-refractivity contribution is 0.669. The second-order valence-electron chi connectivity index (χ2n) is 10.2. The van der Waals surface area contributed by atoms with Crippen molar-refractivity contribution in [2.45, 2.75) is 0 Å². The molecule has 0 fully saturated rings. The highest BCUT2D eigenvalue weighted by atomic mass is 16.3. The molecule has 7 aromatic carbocycles. The van der Waals surface area contributed by atoms with Gasteiger partial charge in [0.05, 0.1) is 0 Å². The molecule has 0 bridgehead atoms. The number of fused-ring (bicyclic) bond motifs is 6. The van der Waals surface area contributed by atoms with Crippen molar-refractivity contribution in [1.82, 2.24) is 0 Å². The van der Waals surface area contributed by atoms with Crippen LogP contribution in [0, 0.1) is 0 Å². The second-order valence-corrected chi connectivity index (χ2v) is 10.2. The molecule has 0 atom stereocenters. The van der Waals surface area contributed by atoms with E-state index in [0.717, 1.165) is 39.0 Å². The number of nitrogens with zero attached hydrogens (tertiary/aromatic N) is 1. The van der Waals surface area contributed by atoms with Crippen LogP contribution >= 0.6 is 0 Å². The van der Waals surface area contributed by atoms with E-state index in [1.807, 2.05) is 0 Å². The van der Waals surface area contributed by atoms with Gasteiger partial charge in [0.15, 0.2) is 0 Å². The standard InChI is InChI=1S/C38H25NO/c1-3-12-27(13-4-1)34-25-37-38(33-18-10-9-17-32(33)34)35-24-31(21-22-36(35)40-37)39(29-15-5-2-6-16-29)30-20-19-26-11-7-8-14-28(26)23-30/h1-25H. The van der Waals surface area contributed by atoms with Gasteiger partial charge in [-0.3, -0.25) is 0 Å². The summed E-state index contributed by atoms with van der Waals surface area (Å²) in [6.45, 7) is 0. The molecule has 8 aromatic rings. The van der Waals surface area contributed by atoms with Gasteiger partial charge in [0.25, 0.3) is 0 Å². The number of furan rings is 1. The molecule has 8 rings (SSSR count). The van der Waals surface area contributed by atoms with Crippen molar-refractivity contribution in [2.75, 3.05) is 4.90 Å². The molecule has 0 radical (unpaired) electrons. The molecule has 0 aliphatic heterocycles. The highest BCUT2D eigenvalue weighted by Crippen LogP contribution is 2.43. The summed E-state index contributed by atoms with van der Waals surface area (Å²) in [6, 6.07) is 53.7. The number of hydrogen-bond donors (Lipinski definition) is 0. The van der Waals surface area contributed by atoms with Gasteiger partial charge in [0.2, 0.25) is 0 Å². The Morgan fingerprint density at radius 1 is 0.400 bits per heavy atom. The number of para-hydroxylation sites is 1. The van der Waals surface area contributed by atoms with Crippen molar-refractivity contribution in [1.29, 1.82) is 0 Å². The molecule has 2 heteroatoms. The van der Waals surface area contributed by atoms with Gasteiger partial charge < -0.3 is 9.32 Å². The van der Waals surface area contributed by atoms with Crippen LogP contribution in [0.4, 0.5) is 17.1 Å². The molecule has 1 heterocycles. The molecule has 40 heavy (non-hydrogen) atoms. The van der Waals surface area contributed by atoms with E-state index in [9.17, 15) is 0 Å². The third-order valence-corrected chi connectivity index (χ3v) is 7.81. The minimum absolute atomic E-state index is 0.889. The van der Waals surface area contributed by atoms with E-state index < -0.39 is 0 Å². The van der Waals surface area contributed by atoms with Crippen molar-refractivity contribution in [3.05, 3.63) is 152 Å². The van der Waals surface area contributed by atoms with Crippen LogP contribution in [0.25, 0.3) is 54.6 Å². The van der Waals surface area contributed by atoms with Gasteiger partial charge in [-0.15, -0.1) is 0 Å². The summed E-state index contributed by atoms with van der Waals surface area (Å²) in [5, 5.41) is 7.14. The van der Waals surface area contributed by atoms with Crippen molar-refractivity contribution in [3.8, 4) is 11.1 Å². The van der Waals surface area contributed by atoms with Gasteiger partial charge in [-0.05, 0) is 81.2 Å². The molecule has 2 nitrogen and oxygen atoms in total. The van der Waals surface area contributed by atoms with Crippen molar-refractivity contribution in [2.24, 2.45) is 0 Å². The maximum absolute atomic E-state index is 6.51. The molecule has 0 aliphatic rings. The fourth-order valence-corrected chi connectivity index (χ4v) is 5.96. The summed E-state index contributed by atoms with van der Waals surface area (Å²) in [5.74, 6) is 0. The SMILES string of the molecule is c1ccc(-c2cc3oc4ccc(N(c5ccccc5)c5ccc6ccccc6c5)cc4c3c3ccccc23)cc1. The summed E-state index contributed by atoms with van der Waals surface area (Å²) < 4.78 is 6.51. The van der Waals surface area contributed by atoms with Crippen LogP contribution in [0.15, 0.2) is 156 Å². The van der Waals surface area contributed by atoms with Crippen LogP contribution < -0.4 is 4.90 Å². The molecule has 0 unspecified atom stereocenters. The fraction of sp³-hybridized carbons (Fsp3) is 0. The van der Waals surface area contributed by atoms with Crippen LogP contribution in [0.2, 0.25) is 0 Å². The van der Waals surface area contributed by atoms with E-state index in [0.29, 0.717) is 0 Å². The molecule has 0 saturated heterocycles. The quantitative estimate of drug-likeness (QED) is 0.234.